The first-order valence-electron chi connectivity index (χ1n) is 22.7. The van der Waals surface area contributed by atoms with Gasteiger partial charge in [-0.3, -0.25) is 0 Å². The van der Waals surface area contributed by atoms with Crippen molar-refractivity contribution in [2.45, 2.75) is 49.4 Å². The maximum absolute atomic E-state index is 9.60. The molecular formula is C60H46N4. The summed E-state index contributed by atoms with van der Waals surface area (Å²) in [6, 6.07) is 71.6. The summed E-state index contributed by atoms with van der Waals surface area (Å²) in [5, 5.41) is 12.1. The smallest absolute Gasteiger partial charge is 0.164 e. The van der Waals surface area contributed by atoms with E-state index in [0.717, 1.165) is 45.2 Å². The van der Waals surface area contributed by atoms with Crippen LogP contribution in [0.5, 0.6) is 0 Å². The third kappa shape index (κ3) is 6.80. The van der Waals surface area contributed by atoms with Crippen LogP contribution < -0.4 is 0 Å². The number of hydrogen-bond acceptors (Lipinski definition) is 4. The van der Waals surface area contributed by atoms with Gasteiger partial charge in [0.15, 0.2) is 17.5 Å². The van der Waals surface area contributed by atoms with Gasteiger partial charge in [-0.2, -0.15) is 5.26 Å². The zero-order valence-electron chi connectivity index (χ0n) is 35.7. The number of nitrogens with zero attached hydrogens (tertiary/aromatic N) is 4. The maximum Gasteiger partial charge on any atom is 0.164 e. The Bertz CT molecular complexity index is 3210. The monoisotopic (exact) mass is 822 g/mol. The van der Waals surface area contributed by atoms with Gasteiger partial charge in [0.2, 0.25) is 0 Å². The fraction of sp³-hybridized carbons (Fsp3) is 0.167. The Balaban J connectivity index is 0.817. The van der Waals surface area contributed by atoms with Crippen LogP contribution in [0.2, 0.25) is 0 Å². The molecule has 0 spiro atoms. The highest BCUT2D eigenvalue weighted by atomic mass is 15.0. The number of aromatic nitrogens is 3. The third-order valence-electron chi connectivity index (χ3n) is 14.7. The van der Waals surface area contributed by atoms with E-state index in [9.17, 15) is 5.26 Å². The summed E-state index contributed by atoms with van der Waals surface area (Å²) in [6.45, 7) is 0. The molecule has 0 N–H and O–H groups in total. The topological polar surface area (TPSA) is 62.5 Å². The van der Waals surface area contributed by atoms with Gasteiger partial charge in [0.25, 0.3) is 0 Å². The van der Waals surface area contributed by atoms with E-state index < -0.39 is 0 Å². The Labute approximate surface area is 375 Å². The van der Waals surface area contributed by atoms with Crippen LogP contribution >= 0.6 is 0 Å². The lowest BCUT2D eigenvalue weighted by Gasteiger charge is -2.63. The van der Waals surface area contributed by atoms with Crippen LogP contribution in [0.25, 0.3) is 78.3 Å². The summed E-state index contributed by atoms with van der Waals surface area (Å²) in [4.78, 5) is 15.0. The summed E-state index contributed by atoms with van der Waals surface area (Å²) in [5.41, 5.74) is 14.1. The fourth-order valence-electron chi connectivity index (χ4n) is 12.2. The SMILES string of the molecule is N#Cc1ccc2c(C34CC5CC(CC(c6ccc(-c7cccc(-c8ccc(-c9nc(-c%10ccccc%10)nc(-c%10ccc(-c%11ccccc%11)cc%10)n9)cc8)c7)cc6)(C5)C3)C4)cccc2c1. The zero-order chi connectivity index (χ0) is 42.7. The van der Waals surface area contributed by atoms with Crippen LogP contribution in [-0.4, -0.2) is 15.0 Å². The van der Waals surface area contributed by atoms with Crippen molar-refractivity contribution >= 4 is 10.8 Å². The molecular weight excluding hydrogens is 777 g/mol. The molecule has 4 fully saturated rings. The van der Waals surface area contributed by atoms with Gasteiger partial charge in [0.1, 0.15) is 0 Å². The van der Waals surface area contributed by atoms with E-state index in [1.54, 1.807) is 0 Å². The van der Waals surface area contributed by atoms with Gasteiger partial charge >= 0.3 is 0 Å². The predicted molar refractivity (Wildman–Crippen MR) is 259 cm³/mol. The molecule has 9 aromatic rings. The second-order valence-corrected chi connectivity index (χ2v) is 18.7. The highest BCUT2D eigenvalue weighted by Crippen LogP contribution is 2.66. The lowest BCUT2D eigenvalue weighted by Crippen LogP contribution is -2.56. The minimum Gasteiger partial charge on any atom is -0.208 e. The van der Waals surface area contributed by atoms with Crippen LogP contribution in [0.1, 0.15) is 55.2 Å². The molecule has 4 nitrogen and oxygen atoms in total. The zero-order valence-corrected chi connectivity index (χ0v) is 35.7. The summed E-state index contributed by atoms with van der Waals surface area (Å²) in [6.07, 6.45) is 7.73. The summed E-state index contributed by atoms with van der Waals surface area (Å²) < 4.78 is 0. The minimum atomic E-state index is 0.186. The van der Waals surface area contributed by atoms with Crippen LogP contribution in [0.15, 0.2) is 194 Å². The van der Waals surface area contributed by atoms with E-state index in [1.165, 1.54) is 82.7 Å². The average molecular weight is 823 g/mol. The van der Waals surface area contributed by atoms with Crippen molar-refractivity contribution in [2.75, 3.05) is 0 Å². The maximum atomic E-state index is 9.60. The van der Waals surface area contributed by atoms with Crippen LogP contribution in [0, 0.1) is 23.2 Å². The fourth-order valence-corrected chi connectivity index (χ4v) is 12.2. The highest BCUT2D eigenvalue weighted by Gasteiger charge is 2.58. The first kappa shape index (κ1) is 38.2. The van der Waals surface area contributed by atoms with Gasteiger partial charge in [-0.1, -0.05) is 176 Å². The molecule has 4 heteroatoms. The molecule has 2 atom stereocenters. The van der Waals surface area contributed by atoms with Crippen molar-refractivity contribution in [1.82, 2.24) is 15.0 Å². The Kier molecular flexibility index (Phi) is 9.20. The largest absolute Gasteiger partial charge is 0.208 e. The molecule has 0 amide bonds. The molecule has 306 valence electrons. The lowest BCUT2D eigenvalue weighted by molar-refractivity contribution is -0.0275. The molecule has 4 aliphatic rings. The molecule has 0 radical (unpaired) electrons. The van der Waals surface area contributed by atoms with E-state index in [2.05, 4.69) is 158 Å². The van der Waals surface area contributed by atoms with E-state index in [1.807, 2.05) is 42.5 Å². The molecule has 1 heterocycles. The van der Waals surface area contributed by atoms with Crippen LogP contribution in [0.4, 0.5) is 0 Å². The second-order valence-electron chi connectivity index (χ2n) is 18.7. The summed E-state index contributed by atoms with van der Waals surface area (Å²) in [7, 11) is 0. The second kappa shape index (κ2) is 15.4. The summed E-state index contributed by atoms with van der Waals surface area (Å²) >= 11 is 0. The van der Waals surface area contributed by atoms with Gasteiger partial charge < -0.3 is 0 Å². The van der Waals surface area contributed by atoms with E-state index in [4.69, 9.17) is 15.0 Å². The van der Waals surface area contributed by atoms with Crippen molar-refractivity contribution in [1.29, 1.82) is 5.26 Å². The molecule has 0 saturated heterocycles. The Morgan fingerprint density at radius 1 is 0.406 bits per heavy atom. The number of benzene rings is 8. The van der Waals surface area contributed by atoms with Gasteiger partial charge in [0, 0.05) is 16.7 Å². The van der Waals surface area contributed by atoms with Gasteiger partial charge in [-0.15, -0.1) is 0 Å². The molecule has 4 bridgehead atoms. The first-order chi connectivity index (χ1) is 31.5. The minimum absolute atomic E-state index is 0.186. The number of nitriles is 1. The molecule has 8 aromatic carbocycles. The highest BCUT2D eigenvalue weighted by molar-refractivity contribution is 5.88. The first-order valence-corrected chi connectivity index (χ1v) is 22.7. The van der Waals surface area contributed by atoms with Gasteiger partial charge in [0.05, 0.1) is 11.6 Å². The molecule has 2 unspecified atom stereocenters. The molecule has 64 heavy (non-hydrogen) atoms. The van der Waals surface area contributed by atoms with E-state index in [-0.39, 0.29) is 10.8 Å². The third-order valence-corrected chi connectivity index (χ3v) is 14.7. The van der Waals surface area contributed by atoms with Gasteiger partial charge in [-0.25, -0.2) is 15.0 Å². The van der Waals surface area contributed by atoms with E-state index >= 15 is 0 Å². The van der Waals surface area contributed by atoms with Crippen molar-refractivity contribution in [3.8, 4) is 73.6 Å². The number of fused-ring (bicyclic) bond motifs is 1. The van der Waals surface area contributed by atoms with E-state index in [0.29, 0.717) is 17.5 Å². The average Bonchev–Trinajstić information content (AvgIpc) is 3.36. The quantitative estimate of drug-likeness (QED) is 0.153. The molecule has 4 aliphatic carbocycles. The Morgan fingerprint density at radius 3 is 1.44 bits per heavy atom. The molecule has 4 saturated carbocycles. The van der Waals surface area contributed by atoms with Crippen LogP contribution in [0.3, 0.4) is 0 Å². The van der Waals surface area contributed by atoms with Crippen LogP contribution in [-0.2, 0) is 10.8 Å². The van der Waals surface area contributed by atoms with Crippen molar-refractivity contribution < 1.29 is 0 Å². The van der Waals surface area contributed by atoms with Gasteiger partial charge in [-0.05, 0) is 135 Å². The normalized spacial score (nSPS) is 20.9. The lowest BCUT2D eigenvalue weighted by atomic mass is 9.41. The Hall–Kier alpha value is -7.48. The van der Waals surface area contributed by atoms with Crippen molar-refractivity contribution in [3.63, 3.8) is 0 Å². The standard InChI is InChI=1S/C60H46N4/c61-38-40-17-30-54-52(32-40)15-8-16-55(54)60-36-41-31-42(37-60)35-59(34-41,39-60)53-28-26-46(27-29-53)51-14-7-13-50(33-51)45-20-24-49(25-21-45)58-63-56(47-11-5-2-6-12-47)62-57(64-58)48-22-18-44(19-23-48)43-9-3-1-4-10-43/h1-30,32-33,41-42H,31,34-37,39H2. The van der Waals surface area contributed by atoms with Crippen molar-refractivity contribution in [2.24, 2.45) is 11.8 Å². The van der Waals surface area contributed by atoms with Crippen molar-refractivity contribution in [3.05, 3.63) is 211 Å². The molecule has 0 aliphatic heterocycles. The summed E-state index contributed by atoms with van der Waals surface area (Å²) in [5.74, 6) is 3.46. The molecule has 1 aromatic heterocycles. The number of rotatable bonds is 8. The predicted octanol–water partition coefficient (Wildman–Crippen LogP) is 14.7. The molecule has 13 rings (SSSR count). The number of hydrogen-bond donors (Lipinski definition) is 0. The Morgan fingerprint density at radius 2 is 0.859 bits per heavy atom.